The van der Waals surface area contributed by atoms with Crippen LogP contribution >= 0.6 is 0 Å². The fraction of sp³-hybridized carbons (Fsp3) is 0.333. The number of rotatable bonds is 6. The van der Waals surface area contributed by atoms with Gasteiger partial charge < -0.3 is 24.4 Å². The van der Waals surface area contributed by atoms with Crippen molar-refractivity contribution in [2.24, 2.45) is 0 Å². The van der Waals surface area contributed by atoms with Crippen molar-refractivity contribution in [1.82, 2.24) is 15.4 Å². The maximum atomic E-state index is 5.50. The zero-order valence-electron chi connectivity index (χ0n) is 18.7. The molecule has 6 rings (SSSR count). The molecule has 1 unspecified atom stereocenters. The Morgan fingerprint density at radius 3 is 2.70 bits per heavy atom. The molecular weight excluding hydrogens is 420 g/mol. The van der Waals surface area contributed by atoms with Crippen LogP contribution in [0, 0.1) is 0 Å². The quantitative estimate of drug-likeness (QED) is 0.593. The van der Waals surface area contributed by atoms with Gasteiger partial charge in [-0.3, -0.25) is 5.01 Å². The fourth-order valence-corrected chi connectivity index (χ4v) is 4.63. The molecule has 3 aliphatic rings. The lowest BCUT2D eigenvalue weighted by molar-refractivity contribution is 0.174. The predicted molar refractivity (Wildman–Crippen MR) is 125 cm³/mol. The van der Waals surface area contributed by atoms with E-state index in [1.54, 1.807) is 7.11 Å². The largest absolute Gasteiger partial charge is 0.497 e. The third kappa shape index (κ3) is 3.64. The highest BCUT2D eigenvalue weighted by Gasteiger charge is 2.37. The van der Waals surface area contributed by atoms with Gasteiger partial charge in [-0.05, 0) is 41.8 Å². The van der Waals surface area contributed by atoms with E-state index in [0.717, 1.165) is 54.0 Å². The van der Waals surface area contributed by atoms with Gasteiger partial charge in [0.05, 0.1) is 18.7 Å². The number of hydrazine groups is 1. The van der Waals surface area contributed by atoms with Gasteiger partial charge in [-0.15, -0.1) is 0 Å². The van der Waals surface area contributed by atoms with Crippen molar-refractivity contribution < 1.29 is 14.2 Å². The third-order valence-electron chi connectivity index (χ3n) is 6.33. The number of ether oxygens (including phenoxy) is 3. The predicted octanol–water partition coefficient (Wildman–Crippen LogP) is 3.23. The van der Waals surface area contributed by atoms with Crippen molar-refractivity contribution in [2.75, 3.05) is 42.7 Å². The second-order valence-corrected chi connectivity index (χ2v) is 8.45. The van der Waals surface area contributed by atoms with Crippen LogP contribution in [0.15, 0.2) is 42.5 Å². The summed E-state index contributed by atoms with van der Waals surface area (Å²) in [4.78, 5) is 12.1. The van der Waals surface area contributed by atoms with Crippen LogP contribution in [0.3, 0.4) is 0 Å². The molecule has 0 spiro atoms. The van der Waals surface area contributed by atoms with Crippen molar-refractivity contribution in [2.45, 2.75) is 25.6 Å². The van der Waals surface area contributed by atoms with Crippen molar-refractivity contribution in [1.29, 1.82) is 0 Å². The molecule has 0 amide bonds. The maximum Gasteiger partial charge on any atom is 0.231 e. The highest BCUT2D eigenvalue weighted by molar-refractivity contribution is 5.68. The maximum absolute atomic E-state index is 5.50. The number of aromatic nitrogens is 2. The second kappa shape index (κ2) is 8.00. The molecule has 0 saturated carbocycles. The summed E-state index contributed by atoms with van der Waals surface area (Å²) in [7, 11) is 3.70. The van der Waals surface area contributed by atoms with E-state index in [0.29, 0.717) is 12.5 Å². The molecule has 2 N–H and O–H groups in total. The Hall–Kier alpha value is -3.72. The number of nitrogens with one attached hydrogen (secondary N) is 2. The molecule has 170 valence electrons. The first-order valence-corrected chi connectivity index (χ1v) is 11.1. The van der Waals surface area contributed by atoms with Crippen LogP contribution in [0.4, 0.5) is 17.6 Å². The van der Waals surface area contributed by atoms with E-state index in [1.165, 1.54) is 11.1 Å². The van der Waals surface area contributed by atoms with Crippen LogP contribution in [0.5, 0.6) is 17.2 Å². The average Bonchev–Trinajstić information content (AvgIpc) is 3.44. The van der Waals surface area contributed by atoms with Crippen molar-refractivity contribution >= 4 is 17.6 Å². The minimum Gasteiger partial charge on any atom is -0.497 e. The van der Waals surface area contributed by atoms with Crippen molar-refractivity contribution in [3.8, 4) is 17.2 Å². The summed E-state index contributed by atoms with van der Waals surface area (Å²) in [5, 5.41) is 5.41. The first-order chi connectivity index (χ1) is 16.2. The average molecular weight is 447 g/mol. The number of nitrogens with zero attached hydrogens (tertiary/aromatic N) is 4. The van der Waals surface area contributed by atoms with Gasteiger partial charge in [0.15, 0.2) is 17.3 Å². The topological polar surface area (TPSA) is 84.0 Å². The fourth-order valence-electron chi connectivity index (χ4n) is 4.63. The number of hydrogen-bond donors (Lipinski definition) is 2. The van der Waals surface area contributed by atoms with E-state index < -0.39 is 0 Å². The first-order valence-electron chi connectivity index (χ1n) is 11.1. The Morgan fingerprint density at radius 2 is 1.85 bits per heavy atom. The van der Waals surface area contributed by atoms with Gasteiger partial charge in [-0.2, -0.15) is 9.97 Å². The first kappa shape index (κ1) is 19.9. The number of fused-ring (bicyclic) bond motifs is 1. The monoisotopic (exact) mass is 446 g/mol. The van der Waals surface area contributed by atoms with Crippen LogP contribution in [0.25, 0.3) is 0 Å². The molecule has 0 fully saturated rings. The molecule has 4 heterocycles. The van der Waals surface area contributed by atoms with E-state index in [9.17, 15) is 0 Å². The minimum atomic E-state index is 0.245. The number of benzene rings is 2. The molecule has 3 aliphatic heterocycles. The SMILES string of the molecule is COc1ccc(CN2CCC3NN(C)c4nc(NCc5ccc6c(c5)OCO6)nc2c43)cc1. The van der Waals surface area contributed by atoms with Gasteiger partial charge in [0.2, 0.25) is 12.7 Å². The molecule has 33 heavy (non-hydrogen) atoms. The Balaban J connectivity index is 1.27. The number of anilines is 3. The third-order valence-corrected chi connectivity index (χ3v) is 6.33. The van der Waals surface area contributed by atoms with E-state index in [1.807, 2.05) is 42.4 Å². The van der Waals surface area contributed by atoms with Crippen LogP contribution in [-0.4, -0.2) is 37.5 Å². The smallest absolute Gasteiger partial charge is 0.231 e. The molecular formula is C24H26N6O3. The van der Waals surface area contributed by atoms with Gasteiger partial charge in [0.1, 0.15) is 11.6 Å². The summed E-state index contributed by atoms with van der Waals surface area (Å²) in [6, 6.07) is 14.4. The Kier molecular flexibility index (Phi) is 4.83. The molecule has 3 aromatic rings. The molecule has 1 atom stereocenters. The van der Waals surface area contributed by atoms with Crippen molar-refractivity contribution in [3.05, 3.63) is 59.2 Å². The van der Waals surface area contributed by atoms with Gasteiger partial charge in [-0.1, -0.05) is 18.2 Å². The zero-order chi connectivity index (χ0) is 22.4. The number of methoxy groups -OCH3 is 1. The van der Waals surface area contributed by atoms with E-state index in [2.05, 4.69) is 27.8 Å². The molecule has 0 saturated heterocycles. The Bertz CT molecular complexity index is 1190. The summed E-state index contributed by atoms with van der Waals surface area (Å²) in [5.41, 5.74) is 6.99. The summed E-state index contributed by atoms with van der Waals surface area (Å²) in [6.07, 6.45) is 1.01. The summed E-state index contributed by atoms with van der Waals surface area (Å²) in [5.74, 6) is 4.94. The molecule has 0 bridgehead atoms. The molecule has 9 nitrogen and oxygen atoms in total. The summed E-state index contributed by atoms with van der Waals surface area (Å²) in [6.45, 7) is 2.57. The van der Waals surface area contributed by atoms with E-state index in [4.69, 9.17) is 24.2 Å². The standard InChI is InChI=1S/C24H26N6O3/c1-29-22-21-18(28-29)9-10-30(13-15-3-6-17(31-2)7-4-15)23(21)27-24(26-22)25-12-16-5-8-19-20(11-16)33-14-32-19/h3-8,11,18,28H,9-10,12-14H2,1-2H3,(H,25,26,27). The van der Waals surface area contributed by atoms with Gasteiger partial charge in [-0.25, -0.2) is 5.43 Å². The van der Waals surface area contributed by atoms with Crippen LogP contribution in [0.2, 0.25) is 0 Å². The minimum absolute atomic E-state index is 0.245. The highest BCUT2D eigenvalue weighted by Crippen LogP contribution is 2.43. The summed E-state index contributed by atoms with van der Waals surface area (Å²) < 4.78 is 16.2. The lowest BCUT2D eigenvalue weighted by atomic mass is 10.0. The molecule has 0 radical (unpaired) electrons. The molecule has 2 aromatic carbocycles. The van der Waals surface area contributed by atoms with E-state index in [-0.39, 0.29) is 12.8 Å². The molecule has 1 aromatic heterocycles. The lowest BCUT2D eigenvalue weighted by Crippen LogP contribution is -2.36. The van der Waals surface area contributed by atoms with Crippen LogP contribution < -0.4 is 34.9 Å². The summed E-state index contributed by atoms with van der Waals surface area (Å²) >= 11 is 0. The van der Waals surface area contributed by atoms with Gasteiger partial charge >= 0.3 is 0 Å². The van der Waals surface area contributed by atoms with E-state index >= 15 is 0 Å². The Morgan fingerprint density at radius 1 is 1.06 bits per heavy atom. The normalized spacial score (nSPS) is 17.8. The van der Waals surface area contributed by atoms with Crippen molar-refractivity contribution in [3.63, 3.8) is 0 Å². The lowest BCUT2D eigenvalue weighted by Gasteiger charge is -2.32. The van der Waals surface area contributed by atoms with Gasteiger partial charge in [0.25, 0.3) is 0 Å². The zero-order valence-corrected chi connectivity index (χ0v) is 18.7. The Labute approximate surface area is 192 Å². The molecule has 9 heteroatoms. The second-order valence-electron chi connectivity index (χ2n) is 8.45. The number of hydrogen-bond acceptors (Lipinski definition) is 9. The van der Waals surface area contributed by atoms with Crippen LogP contribution in [-0.2, 0) is 13.1 Å². The van der Waals surface area contributed by atoms with Crippen LogP contribution in [0.1, 0.15) is 29.2 Å². The van der Waals surface area contributed by atoms with Gasteiger partial charge in [0, 0.05) is 26.7 Å². The molecule has 0 aliphatic carbocycles. The highest BCUT2D eigenvalue weighted by atomic mass is 16.7.